The van der Waals surface area contributed by atoms with Crippen LogP contribution in [0.25, 0.3) is 0 Å². The fraction of sp³-hybridized carbons (Fsp3) is 1.00. The van der Waals surface area contributed by atoms with E-state index in [0.29, 0.717) is 0 Å². The topological polar surface area (TPSA) is 15.3 Å². The van der Waals surface area contributed by atoms with Gasteiger partial charge in [0.15, 0.2) is 0 Å². The molecule has 0 aromatic carbocycles. The number of rotatable bonds is 4. The third-order valence-electron chi connectivity index (χ3n) is 4.22. The van der Waals surface area contributed by atoms with Crippen molar-refractivity contribution in [1.82, 2.24) is 10.2 Å². The van der Waals surface area contributed by atoms with Crippen LogP contribution in [0, 0.1) is 5.92 Å². The predicted octanol–water partition coefficient (Wildman–Crippen LogP) is 2.64. The van der Waals surface area contributed by atoms with Crippen LogP contribution < -0.4 is 5.32 Å². The monoisotopic (exact) mass is 224 g/mol. The van der Waals surface area contributed by atoms with Gasteiger partial charge in [0.1, 0.15) is 0 Å². The van der Waals surface area contributed by atoms with E-state index in [1.54, 1.807) is 0 Å². The molecule has 0 bridgehead atoms. The molecule has 0 aromatic heterocycles. The fourth-order valence-electron chi connectivity index (χ4n) is 3.14. The lowest BCUT2D eigenvalue weighted by atomic mass is 10.1. The SMILES string of the molecule is CC1CCN(CCNC2CCCCCC2)C1. The summed E-state index contributed by atoms with van der Waals surface area (Å²) >= 11 is 0. The zero-order chi connectivity index (χ0) is 11.2. The normalized spacial score (nSPS) is 29.4. The molecule has 16 heavy (non-hydrogen) atoms. The zero-order valence-electron chi connectivity index (χ0n) is 10.9. The van der Waals surface area contributed by atoms with Gasteiger partial charge in [-0.15, -0.1) is 0 Å². The quantitative estimate of drug-likeness (QED) is 0.739. The molecular formula is C14H28N2. The number of nitrogens with one attached hydrogen (secondary N) is 1. The number of likely N-dealkylation sites (tertiary alicyclic amines) is 1. The van der Waals surface area contributed by atoms with Crippen LogP contribution in [0.2, 0.25) is 0 Å². The second-order valence-corrected chi connectivity index (χ2v) is 5.84. The average Bonchev–Trinajstić information content (AvgIpc) is 2.54. The Balaban J connectivity index is 1.56. The molecule has 2 nitrogen and oxygen atoms in total. The van der Waals surface area contributed by atoms with Crippen molar-refractivity contribution in [2.75, 3.05) is 26.2 Å². The van der Waals surface area contributed by atoms with Crippen LogP contribution in [-0.4, -0.2) is 37.1 Å². The second kappa shape index (κ2) is 6.61. The van der Waals surface area contributed by atoms with E-state index in [1.165, 1.54) is 71.1 Å². The molecule has 1 N–H and O–H groups in total. The van der Waals surface area contributed by atoms with Crippen LogP contribution in [0.15, 0.2) is 0 Å². The minimum atomic E-state index is 0.822. The Hall–Kier alpha value is -0.0800. The fourth-order valence-corrected chi connectivity index (χ4v) is 3.14. The molecule has 1 saturated carbocycles. The first kappa shape index (κ1) is 12.4. The van der Waals surface area contributed by atoms with Crippen molar-refractivity contribution in [2.45, 2.75) is 57.9 Å². The summed E-state index contributed by atoms with van der Waals surface area (Å²) < 4.78 is 0. The highest BCUT2D eigenvalue weighted by Gasteiger charge is 2.18. The van der Waals surface area contributed by atoms with E-state index in [4.69, 9.17) is 0 Å². The van der Waals surface area contributed by atoms with E-state index >= 15 is 0 Å². The Morgan fingerprint density at radius 2 is 1.81 bits per heavy atom. The van der Waals surface area contributed by atoms with Crippen LogP contribution >= 0.6 is 0 Å². The van der Waals surface area contributed by atoms with Gasteiger partial charge in [-0.05, 0) is 31.7 Å². The molecule has 1 atom stereocenters. The molecule has 1 saturated heterocycles. The van der Waals surface area contributed by atoms with Gasteiger partial charge in [-0.25, -0.2) is 0 Å². The van der Waals surface area contributed by atoms with Gasteiger partial charge >= 0.3 is 0 Å². The van der Waals surface area contributed by atoms with Gasteiger partial charge in [-0.1, -0.05) is 32.6 Å². The summed E-state index contributed by atoms with van der Waals surface area (Å²) in [7, 11) is 0. The van der Waals surface area contributed by atoms with Crippen molar-refractivity contribution >= 4 is 0 Å². The number of hydrogen-bond acceptors (Lipinski definition) is 2. The van der Waals surface area contributed by atoms with E-state index in [2.05, 4.69) is 17.1 Å². The van der Waals surface area contributed by atoms with Crippen LogP contribution in [0.3, 0.4) is 0 Å². The van der Waals surface area contributed by atoms with E-state index in [1.807, 2.05) is 0 Å². The van der Waals surface area contributed by atoms with Gasteiger partial charge in [0.05, 0.1) is 0 Å². The largest absolute Gasteiger partial charge is 0.313 e. The lowest BCUT2D eigenvalue weighted by molar-refractivity contribution is 0.313. The maximum absolute atomic E-state index is 3.76. The smallest absolute Gasteiger partial charge is 0.0107 e. The van der Waals surface area contributed by atoms with Crippen molar-refractivity contribution in [3.63, 3.8) is 0 Å². The highest BCUT2D eigenvalue weighted by molar-refractivity contribution is 4.75. The summed E-state index contributed by atoms with van der Waals surface area (Å²) in [4.78, 5) is 2.62. The lowest BCUT2D eigenvalue weighted by Gasteiger charge is -2.20. The van der Waals surface area contributed by atoms with Crippen molar-refractivity contribution in [3.05, 3.63) is 0 Å². The highest BCUT2D eigenvalue weighted by Crippen LogP contribution is 2.17. The number of nitrogens with zero attached hydrogens (tertiary/aromatic N) is 1. The van der Waals surface area contributed by atoms with Gasteiger partial charge in [-0.3, -0.25) is 0 Å². The molecule has 0 aromatic rings. The molecule has 2 rings (SSSR count). The third kappa shape index (κ3) is 4.06. The second-order valence-electron chi connectivity index (χ2n) is 5.84. The van der Waals surface area contributed by atoms with Crippen molar-refractivity contribution in [2.24, 2.45) is 5.92 Å². The summed E-state index contributed by atoms with van der Waals surface area (Å²) in [5.41, 5.74) is 0. The number of hydrogen-bond donors (Lipinski definition) is 1. The third-order valence-corrected chi connectivity index (χ3v) is 4.22. The summed E-state index contributed by atoms with van der Waals surface area (Å²) in [5, 5.41) is 3.76. The van der Waals surface area contributed by atoms with Gasteiger partial charge in [0, 0.05) is 25.7 Å². The molecule has 1 unspecified atom stereocenters. The summed E-state index contributed by atoms with van der Waals surface area (Å²) in [6, 6.07) is 0.822. The Bertz CT molecular complexity index is 185. The Kier molecular flexibility index (Phi) is 5.11. The van der Waals surface area contributed by atoms with E-state index in [9.17, 15) is 0 Å². The van der Waals surface area contributed by atoms with Gasteiger partial charge in [0.25, 0.3) is 0 Å². The molecule has 0 spiro atoms. The molecule has 2 heteroatoms. The minimum Gasteiger partial charge on any atom is -0.313 e. The molecule has 1 heterocycles. The lowest BCUT2D eigenvalue weighted by Crippen LogP contribution is -2.36. The standard InChI is InChI=1S/C14H28N2/c1-13-8-10-16(12-13)11-9-15-14-6-4-2-3-5-7-14/h13-15H,2-12H2,1H3. The molecular weight excluding hydrogens is 196 g/mol. The van der Waals surface area contributed by atoms with Crippen LogP contribution in [0.4, 0.5) is 0 Å². The maximum Gasteiger partial charge on any atom is 0.0107 e. The van der Waals surface area contributed by atoms with E-state index in [0.717, 1.165) is 12.0 Å². The van der Waals surface area contributed by atoms with E-state index < -0.39 is 0 Å². The first-order valence-electron chi connectivity index (χ1n) is 7.30. The van der Waals surface area contributed by atoms with Crippen molar-refractivity contribution in [3.8, 4) is 0 Å². The first-order chi connectivity index (χ1) is 7.84. The Morgan fingerprint density at radius 1 is 1.06 bits per heavy atom. The minimum absolute atomic E-state index is 0.822. The summed E-state index contributed by atoms with van der Waals surface area (Å²) in [6.07, 6.45) is 10.0. The van der Waals surface area contributed by atoms with Crippen molar-refractivity contribution in [1.29, 1.82) is 0 Å². The van der Waals surface area contributed by atoms with Gasteiger partial charge < -0.3 is 10.2 Å². The van der Waals surface area contributed by atoms with Crippen LogP contribution in [0.1, 0.15) is 51.9 Å². The van der Waals surface area contributed by atoms with Crippen molar-refractivity contribution < 1.29 is 0 Å². The Morgan fingerprint density at radius 3 is 2.44 bits per heavy atom. The predicted molar refractivity (Wildman–Crippen MR) is 69.7 cm³/mol. The molecule has 0 radical (unpaired) electrons. The van der Waals surface area contributed by atoms with Gasteiger partial charge in [-0.2, -0.15) is 0 Å². The van der Waals surface area contributed by atoms with Crippen LogP contribution in [0.5, 0.6) is 0 Å². The molecule has 1 aliphatic carbocycles. The average molecular weight is 224 g/mol. The highest BCUT2D eigenvalue weighted by atomic mass is 15.2. The molecule has 94 valence electrons. The molecule has 2 aliphatic rings. The van der Waals surface area contributed by atoms with Gasteiger partial charge in [0.2, 0.25) is 0 Å². The zero-order valence-corrected chi connectivity index (χ0v) is 10.9. The maximum atomic E-state index is 3.76. The van der Waals surface area contributed by atoms with Crippen LogP contribution in [-0.2, 0) is 0 Å². The summed E-state index contributed by atoms with van der Waals surface area (Å²) in [6.45, 7) is 7.50. The Labute approximate surface area is 101 Å². The van der Waals surface area contributed by atoms with E-state index in [-0.39, 0.29) is 0 Å². The molecule has 2 fully saturated rings. The molecule has 1 aliphatic heterocycles. The first-order valence-corrected chi connectivity index (χ1v) is 7.30. The molecule has 0 amide bonds. The summed E-state index contributed by atoms with van der Waals surface area (Å²) in [5.74, 6) is 0.929.